The summed E-state index contributed by atoms with van der Waals surface area (Å²) in [5, 5.41) is 9.68. The number of hydrogen-bond donors (Lipinski definition) is 2. The van der Waals surface area contributed by atoms with Gasteiger partial charge in [0.05, 0.1) is 5.60 Å². The van der Waals surface area contributed by atoms with Crippen molar-refractivity contribution >= 4 is 11.8 Å². The first-order chi connectivity index (χ1) is 8.44. The van der Waals surface area contributed by atoms with Gasteiger partial charge in [-0.1, -0.05) is 0 Å². The SMILES string of the molecule is CC(O)(CN)CCCCSc1ccc(F)cc1F. The molecule has 18 heavy (non-hydrogen) atoms. The Morgan fingerprint density at radius 1 is 1.33 bits per heavy atom. The van der Waals surface area contributed by atoms with Crippen LogP contribution in [0.25, 0.3) is 0 Å². The van der Waals surface area contributed by atoms with Gasteiger partial charge in [0, 0.05) is 17.5 Å². The number of benzene rings is 1. The minimum absolute atomic E-state index is 0.243. The molecule has 5 heteroatoms. The molecule has 0 aliphatic rings. The molecule has 0 bridgehead atoms. The summed E-state index contributed by atoms with van der Waals surface area (Å²) < 4.78 is 26.0. The van der Waals surface area contributed by atoms with Gasteiger partial charge in [0.1, 0.15) is 11.6 Å². The number of unbranched alkanes of at least 4 members (excludes halogenated alkanes) is 1. The van der Waals surface area contributed by atoms with E-state index in [0.717, 1.165) is 24.7 Å². The normalized spacial score (nSPS) is 14.5. The van der Waals surface area contributed by atoms with Crippen molar-refractivity contribution in [3.05, 3.63) is 29.8 Å². The van der Waals surface area contributed by atoms with Gasteiger partial charge in [-0.05, 0) is 44.1 Å². The molecule has 1 aromatic carbocycles. The van der Waals surface area contributed by atoms with E-state index in [0.29, 0.717) is 11.3 Å². The lowest BCUT2D eigenvalue weighted by molar-refractivity contribution is 0.0577. The summed E-state index contributed by atoms with van der Waals surface area (Å²) in [5.41, 5.74) is 4.59. The van der Waals surface area contributed by atoms with Gasteiger partial charge < -0.3 is 10.8 Å². The fraction of sp³-hybridized carbons (Fsp3) is 0.538. The molecule has 102 valence electrons. The molecule has 1 rings (SSSR count). The predicted octanol–water partition coefficient (Wildman–Crippen LogP) is 2.94. The van der Waals surface area contributed by atoms with E-state index in [1.54, 1.807) is 6.92 Å². The third-order valence-electron chi connectivity index (χ3n) is 2.70. The fourth-order valence-corrected chi connectivity index (χ4v) is 2.41. The van der Waals surface area contributed by atoms with Gasteiger partial charge in [-0.25, -0.2) is 8.78 Å². The molecule has 0 aliphatic heterocycles. The number of rotatable bonds is 7. The Hall–Kier alpha value is -0.650. The smallest absolute Gasteiger partial charge is 0.139 e. The maximum absolute atomic E-state index is 13.3. The van der Waals surface area contributed by atoms with E-state index in [2.05, 4.69) is 0 Å². The number of thioether (sulfide) groups is 1. The third-order valence-corrected chi connectivity index (χ3v) is 3.84. The van der Waals surface area contributed by atoms with Crippen molar-refractivity contribution in [2.75, 3.05) is 12.3 Å². The van der Waals surface area contributed by atoms with E-state index in [-0.39, 0.29) is 6.54 Å². The summed E-state index contributed by atoms with van der Waals surface area (Å²) in [5.74, 6) is -0.340. The second-order valence-electron chi connectivity index (χ2n) is 4.58. The van der Waals surface area contributed by atoms with Crippen molar-refractivity contribution in [1.29, 1.82) is 0 Å². The van der Waals surface area contributed by atoms with Crippen molar-refractivity contribution in [2.24, 2.45) is 5.73 Å². The van der Waals surface area contributed by atoms with Gasteiger partial charge in [-0.15, -0.1) is 11.8 Å². The number of hydrogen-bond acceptors (Lipinski definition) is 3. The zero-order chi connectivity index (χ0) is 13.6. The molecule has 1 aromatic rings. The molecule has 3 N–H and O–H groups in total. The minimum atomic E-state index is -0.814. The second kappa shape index (κ2) is 7.07. The molecule has 0 saturated heterocycles. The van der Waals surface area contributed by atoms with E-state index in [1.165, 1.54) is 23.9 Å². The molecular weight excluding hydrogens is 256 g/mol. The standard InChI is InChI=1S/C13H19F2NOS/c1-13(17,9-16)6-2-3-7-18-12-5-4-10(14)8-11(12)15/h4-5,8,17H,2-3,6-7,9,16H2,1H3. The molecule has 0 heterocycles. The molecule has 1 unspecified atom stereocenters. The van der Waals surface area contributed by atoms with Crippen molar-refractivity contribution in [3.8, 4) is 0 Å². The lowest BCUT2D eigenvalue weighted by atomic mass is 10.00. The van der Waals surface area contributed by atoms with Crippen molar-refractivity contribution in [3.63, 3.8) is 0 Å². The highest BCUT2D eigenvalue weighted by Crippen LogP contribution is 2.24. The lowest BCUT2D eigenvalue weighted by Gasteiger charge is -2.20. The van der Waals surface area contributed by atoms with Gasteiger partial charge in [0.15, 0.2) is 0 Å². The highest BCUT2D eigenvalue weighted by atomic mass is 32.2. The molecular formula is C13H19F2NOS. The van der Waals surface area contributed by atoms with Crippen LogP contribution < -0.4 is 5.73 Å². The number of aliphatic hydroxyl groups is 1. The topological polar surface area (TPSA) is 46.2 Å². The quantitative estimate of drug-likeness (QED) is 0.594. The molecule has 0 spiro atoms. The van der Waals surface area contributed by atoms with Crippen LogP contribution in [-0.2, 0) is 0 Å². The average Bonchev–Trinajstić information content (AvgIpc) is 2.31. The van der Waals surface area contributed by atoms with Crippen LogP contribution in [0.4, 0.5) is 8.78 Å². The maximum Gasteiger partial charge on any atom is 0.139 e. The number of nitrogens with two attached hydrogens (primary N) is 1. The monoisotopic (exact) mass is 275 g/mol. The van der Waals surface area contributed by atoms with E-state index < -0.39 is 17.2 Å². The Morgan fingerprint density at radius 3 is 2.67 bits per heavy atom. The highest BCUT2D eigenvalue weighted by Gasteiger charge is 2.16. The summed E-state index contributed by atoms with van der Waals surface area (Å²) in [4.78, 5) is 0.460. The first kappa shape index (κ1) is 15.4. The second-order valence-corrected chi connectivity index (χ2v) is 5.72. The molecule has 2 nitrogen and oxygen atoms in total. The van der Waals surface area contributed by atoms with Gasteiger partial charge in [-0.2, -0.15) is 0 Å². The summed E-state index contributed by atoms with van der Waals surface area (Å²) in [7, 11) is 0. The van der Waals surface area contributed by atoms with Gasteiger partial charge >= 0.3 is 0 Å². The molecule has 0 radical (unpaired) electrons. The Kier molecular flexibility index (Phi) is 6.05. The van der Waals surface area contributed by atoms with E-state index in [9.17, 15) is 13.9 Å². The maximum atomic E-state index is 13.3. The lowest BCUT2D eigenvalue weighted by Crippen LogP contribution is -2.33. The Bertz CT molecular complexity index is 385. The molecule has 0 saturated carbocycles. The fourth-order valence-electron chi connectivity index (χ4n) is 1.48. The van der Waals surface area contributed by atoms with Gasteiger partial charge in [0.25, 0.3) is 0 Å². The summed E-state index contributed by atoms with van der Waals surface area (Å²) >= 11 is 1.36. The average molecular weight is 275 g/mol. The highest BCUT2D eigenvalue weighted by molar-refractivity contribution is 7.99. The summed E-state index contributed by atoms with van der Waals surface area (Å²) in [6.07, 6.45) is 2.33. The molecule has 1 atom stereocenters. The first-order valence-corrected chi connectivity index (χ1v) is 6.93. The van der Waals surface area contributed by atoms with Crippen molar-refractivity contribution in [1.82, 2.24) is 0 Å². The van der Waals surface area contributed by atoms with E-state index in [1.807, 2.05) is 0 Å². The predicted molar refractivity (Wildman–Crippen MR) is 70.6 cm³/mol. The Balaban J connectivity index is 2.26. The van der Waals surface area contributed by atoms with Crippen LogP contribution in [0, 0.1) is 11.6 Å². The minimum Gasteiger partial charge on any atom is -0.389 e. The molecule has 0 aromatic heterocycles. The van der Waals surface area contributed by atoms with Gasteiger partial charge in [0.2, 0.25) is 0 Å². The summed E-state index contributed by atoms with van der Waals surface area (Å²) in [6, 6.07) is 3.59. The van der Waals surface area contributed by atoms with Gasteiger partial charge in [-0.3, -0.25) is 0 Å². The van der Waals surface area contributed by atoms with Crippen LogP contribution in [0.2, 0.25) is 0 Å². The van der Waals surface area contributed by atoms with Crippen LogP contribution in [0.5, 0.6) is 0 Å². The zero-order valence-corrected chi connectivity index (χ0v) is 11.3. The summed E-state index contributed by atoms with van der Waals surface area (Å²) in [6.45, 7) is 1.95. The number of halogens is 2. The molecule has 0 amide bonds. The Morgan fingerprint density at radius 2 is 2.06 bits per heavy atom. The van der Waals surface area contributed by atoms with Crippen LogP contribution in [0.1, 0.15) is 26.2 Å². The van der Waals surface area contributed by atoms with Crippen LogP contribution >= 0.6 is 11.8 Å². The molecule has 0 fully saturated rings. The van der Waals surface area contributed by atoms with E-state index in [4.69, 9.17) is 5.73 Å². The van der Waals surface area contributed by atoms with Crippen LogP contribution in [0.3, 0.4) is 0 Å². The largest absolute Gasteiger partial charge is 0.389 e. The van der Waals surface area contributed by atoms with Crippen LogP contribution in [-0.4, -0.2) is 23.0 Å². The first-order valence-electron chi connectivity index (χ1n) is 5.95. The van der Waals surface area contributed by atoms with Crippen molar-refractivity contribution < 1.29 is 13.9 Å². The molecule has 0 aliphatic carbocycles. The van der Waals surface area contributed by atoms with Crippen molar-refractivity contribution in [2.45, 2.75) is 36.7 Å². The third kappa shape index (κ3) is 5.33. The van der Waals surface area contributed by atoms with E-state index >= 15 is 0 Å². The zero-order valence-electron chi connectivity index (χ0n) is 10.5. The Labute approximate surface area is 111 Å². The van der Waals surface area contributed by atoms with Crippen LogP contribution in [0.15, 0.2) is 23.1 Å².